The minimum atomic E-state index is -0.559. The molecule has 0 N–H and O–H groups in total. The molecule has 25 heavy (non-hydrogen) atoms. The largest absolute Gasteiger partial charge is 0.495 e. The van der Waals surface area contributed by atoms with Gasteiger partial charge in [-0.3, -0.25) is 14.4 Å². The molecule has 6 heteroatoms. The average molecular weight is 346 g/mol. The highest BCUT2D eigenvalue weighted by Gasteiger charge is 2.23. The maximum Gasteiger partial charge on any atom is 0.308 e. The van der Waals surface area contributed by atoms with E-state index in [-0.39, 0.29) is 29.8 Å². The lowest BCUT2D eigenvalue weighted by Crippen LogP contribution is -2.16. The number of carbonyl (C=O) groups is 3. The van der Waals surface area contributed by atoms with E-state index >= 15 is 0 Å². The molecule has 0 spiro atoms. The molecular formula is C19H22O6. The zero-order valence-electron chi connectivity index (χ0n) is 14.7. The molecule has 0 saturated heterocycles. The number of Topliss-reactive ketones (excluding diaryl/α,β-unsaturated/α-hetero) is 1. The van der Waals surface area contributed by atoms with Gasteiger partial charge in [-0.2, -0.15) is 0 Å². The van der Waals surface area contributed by atoms with Gasteiger partial charge in [-0.1, -0.05) is 6.58 Å². The van der Waals surface area contributed by atoms with Crippen molar-refractivity contribution in [3.63, 3.8) is 0 Å². The molecule has 0 aromatic heterocycles. The molecule has 1 aromatic rings. The van der Waals surface area contributed by atoms with Gasteiger partial charge in [0.15, 0.2) is 5.78 Å². The van der Waals surface area contributed by atoms with Gasteiger partial charge in [0.2, 0.25) is 0 Å². The molecule has 0 bridgehead atoms. The molecule has 6 nitrogen and oxygen atoms in total. The van der Waals surface area contributed by atoms with Gasteiger partial charge in [0, 0.05) is 32.8 Å². The van der Waals surface area contributed by atoms with Gasteiger partial charge >= 0.3 is 11.9 Å². The summed E-state index contributed by atoms with van der Waals surface area (Å²) >= 11 is 0. The van der Waals surface area contributed by atoms with Crippen LogP contribution in [0.15, 0.2) is 24.5 Å². The first kappa shape index (κ1) is 18.7. The van der Waals surface area contributed by atoms with Crippen LogP contribution in [0.25, 0.3) is 0 Å². The predicted molar refractivity (Wildman–Crippen MR) is 90.6 cm³/mol. The van der Waals surface area contributed by atoms with Crippen LogP contribution in [-0.4, -0.2) is 23.8 Å². The van der Waals surface area contributed by atoms with Gasteiger partial charge < -0.3 is 14.2 Å². The molecule has 1 heterocycles. The second kappa shape index (κ2) is 7.96. The van der Waals surface area contributed by atoms with E-state index in [1.807, 2.05) is 6.92 Å². The number of hydrogen-bond acceptors (Lipinski definition) is 6. The van der Waals surface area contributed by atoms with E-state index in [1.54, 1.807) is 6.07 Å². The summed E-state index contributed by atoms with van der Waals surface area (Å²) in [5.74, 6) is -0.403. The molecule has 1 aromatic carbocycles. The van der Waals surface area contributed by atoms with Crippen LogP contribution in [0.3, 0.4) is 0 Å². The third kappa shape index (κ3) is 5.17. The number of fused-ring (bicyclic) bond motifs is 1. The summed E-state index contributed by atoms with van der Waals surface area (Å²) in [6, 6.07) is 2.97. The van der Waals surface area contributed by atoms with Gasteiger partial charge in [0.05, 0.1) is 17.4 Å². The fourth-order valence-electron chi connectivity index (χ4n) is 2.83. The average Bonchev–Trinajstić information content (AvgIpc) is 2.44. The van der Waals surface area contributed by atoms with E-state index in [4.69, 9.17) is 14.2 Å². The number of carbonyl (C=O) groups excluding carboxylic acids is 3. The van der Waals surface area contributed by atoms with E-state index in [1.165, 1.54) is 19.9 Å². The molecule has 0 radical (unpaired) electrons. The van der Waals surface area contributed by atoms with Crippen LogP contribution in [0.4, 0.5) is 0 Å². The topological polar surface area (TPSA) is 78.9 Å². The van der Waals surface area contributed by atoms with E-state index in [2.05, 4.69) is 6.58 Å². The summed E-state index contributed by atoms with van der Waals surface area (Å²) in [7, 11) is 0. The van der Waals surface area contributed by atoms with Crippen molar-refractivity contribution < 1.29 is 28.6 Å². The lowest BCUT2D eigenvalue weighted by Gasteiger charge is -2.21. The number of esters is 2. The maximum atomic E-state index is 12.7. The van der Waals surface area contributed by atoms with Crippen molar-refractivity contribution in [1.29, 1.82) is 0 Å². The van der Waals surface area contributed by atoms with Crippen molar-refractivity contribution in [1.82, 2.24) is 0 Å². The first-order valence-electron chi connectivity index (χ1n) is 8.17. The minimum absolute atomic E-state index is 0.0357. The normalized spacial score (nSPS) is 18.0. The Morgan fingerprint density at radius 1 is 1.20 bits per heavy atom. The van der Waals surface area contributed by atoms with Crippen LogP contribution in [0.5, 0.6) is 11.5 Å². The quantitative estimate of drug-likeness (QED) is 0.603. The molecule has 2 rings (SSSR count). The SMILES string of the molecule is C=C1Cc2cc(OC(C)=O)cc(OC(C)=O)c2C(=O)CCCC(C)O1. The Labute approximate surface area is 146 Å². The smallest absolute Gasteiger partial charge is 0.308 e. The van der Waals surface area contributed by atoms with Crippen molar-refractivity contribution in [2.24, 2.45) is 0 Å². The number of hydrogen-bond donors (Lipinski definition) is 0. The standard InChI is InChI=1S/C19H22O6/c1-11-6-5-7-17(22)19-15(8-12(2)23-11)9-16(24-13(3)20)10-18(19)25-14(4)21/h9-11H,2,5-8H2,1,3-4H3. The highest BCUT2D eigenvalue weighted by molar-refractivity contribution is 6.01. The highest BCUT2D eigenvalue weighted by Crippen LogP contribution is 2.33. The lowest BCUT2D eigenvalue weighted by molar-refractivity contribution is -0.132. The summed E-state index contributed by atoms with van der Waals surface area (Å²) < 4.78 is 16.1. The van der Waals surface area contributed by atoms with Gasteiger partial charge in [-0.15, -0.1) is 0 Å². The van der Waals surface area contributed by atoms with Crippen LogP contribution >= 0.6 is 0 Å². The number of benzene rings is 1. The fraction of sp³-hybridized carbons (Fsp3) is 0.421. The number of ether oxygens (including phenoxy) is 3. The fourth-order valence-corrected chi connectivity index (χ4v) is 2.83. The van der Waals surface area contributed by atoms with Crippen molar-refractivity contribution in [3.8, 4) is 11.5 Å². The van der Waals surface area contributed by atoms with E-state index in [0.29, 0.717) is 29.7 Å². The molecular weight excluding hydrogens is 324 g/mol. The van der Waals surface area contributed by atoms with Crippen LogP contribution in [0.1, 0.15) is 56.0 Å². The van der Waals surface area contributed by atoms with Gasteiger partial charge in [0.25, 0.3) is 0 Å². The van der Waals surface area contributed by atoms with Gasteiger partial charge in [-0.05, 0) is 31.4 Å². The van der Waals surface area contributed by atoms with Crippen LogP contribution in [-0.2, 0) is 20.7 Å². The molecule has 0 aliphatic carbocycles. The van der Waals surface area contributed by atoms with Crippen molar-refractivity contribution >= 4 is 17.7 Å². The van der Waals surface area contributed by atoms with Gasteiger partial charge in [0.1, 0.15) is 11.5 Å². The van der Waals surface area contributed by atoms with E-state index < -0.39 is 11.9 Å². The molecule has 0 fully saturated rings. The van der Waals surface area contributed by atoms with E-state index in [9.17, 15) is 14.4 Å². The second-order valence-electron chi connectivity index (χ2n) is 6.10. The summed E-state index contributed by atoms with van der Waals surface area (Å²) in [6.45, 7) is 8.34. The van der Waals surface area contributed by atoms with Crippen molar-refractivity contribution in [2.45, 2.75) is 52.6 Å². The summed E-state index contributed by atoms with van der Waals surface area (Å²) in [5, 5.41) is 0. The monoisotopic (exact) mass is 346 g/mol. The zero-order valence-corrected chi connectivity index (χ0v) is 14.7. The Balaban J connectivity index is 2.56. The molecule has 1 unspecified atom stereocenters. The second-order valence-corrected chi connectivity index (χ2v) is 6.10. The predicted octanol–water partition coefficient (Wildman–Crippen LogP) is 3.37. The van der Waals surface area contributed by atoms with Crippen LogP contribution < -0.4 is 9.47 Å². The summed E-state index contributed by atoms with van der Waals surface area (Å²) in [4.78, 5) is 35.4. The third-order valence-corrected chi connectivity index (χ3v) is 3.72. The van der Waals surface area contributed by atoms with Gasteiger partial charge in [-0.25, -0.2) is 0 Å². The van der Waals surface area contributed by atoms with Crippen LogP contribution in [0, 0.1) is 0 Å². The number of allylic oxidation sites excluding steroid dienone is 1. The molecule has 0 amide bonds. The van der Waals surface area contributed by atoms with Crippen LogP contribution in [0.2, 0.25) is 0 Å². The zero-order chi connectivity index (χ0) is 18.6. The third-order valence-electron chi connectivity index (χ3n) is 3.72. The molecule has 1 atom stereocenters. The Hall–Kier alpha value is -2.63. The number of ketones is 1. The maximum absolute atomic E-state index is 12.7. The Kier molecular flexibility index (Phi) is 5.96. The molecule has 1 aliphatic rings. The Morgan fingerprint density at radius 2 is 1.88 bits per heavy atom. The Bertz CT molecular complexity index is 719. The highest BCUT2D eigenvalue weighted by atomic mass is 16.5. The molecule has 134 valence electrons. The van der Waals surface area contributed by atoms with Crippen molar-refractivity contribution in [2.75, 3.05) is 0 Å². The van der Waals surface area contributed by atoms with Crippen molar-refractivity contribution in [3.05, 3.63) is 35.6 Å². The van der Waals surface area contributed by atoms with E-state index in [0.717, 1.165) is 6.42 Å². The molecule has 1 aliphatic heterocycles. The summed E-state index contributed by atoms with van der Waals surface area (Å²) in [6.07, 6.45) is 1.92. The Morgan fingerprint density at radius 3 is 2.52 bits per heavy atom. The number of rotatable bonds is 2. The lowest BCUT2D eigenvalue weighted by atomic mass is 9.94. The minimum Gasteiger partial charge on any atom is -0.495 e. The first-order valence-corrected chi connectivity index (χ1v) is 8.17. The first-order chi connectivity index (χ1) is 11.8. The molecule has 0 saturated carbocycles. The summed E-state index contributed by atoms with van der Waals surface area (Å²) in [5.41, 5.74) is 0.865.